The molecule has 2 aliphatic rings. The maximum absolute atomic E-state index is 5.03. The molecule has 3 rings (SSSR count). The normalized spacial score (nSPS) is 30.2. The van der Waals surface area contributed by atoms with Crippen LogP contribution in [-0.4, -0.2) is 40.2 Å². The van der Waals surface area contributed by atoms with Crippen LogP contribution in [0.5, 0.6) is 0 Å². The van der Waals surface area contributed by atoms with Crippen molar-refractivity contribution in [2.24, 2.45) is 0 Å². The molecule has 5 nitrogen and oxygen atoms in total. The molecule has 17 heavy (non-hydrogen) atoms. The molecular weight excluding hydrogens is 216 g/mol. The highest BCUT2D eigenvalue weighted by molar-refractivity contribution is 4.94. The minimum atomic E-state index is 0.662. The lowest BCUT2D eigenvalue weighted by molar-refractivity contribution is 0.199. The molecule has 2 saturated heterocycles. The molecule has 2 unspecified atom stereocenters. The van der Waals surface area contributed by atoms with Crippen LogP contribution >= 0.6 is 0 Å². The Kier molecular flexibility index (Phi) is 3.11. The van der Waals surface area contributed by atoms with E-state index in [0.717, 1.165) is 18.9 Å². The molecule has 0 saturated carbocycles. The largest absolute Gasteiger partial charge is 0.340 e. The highest BCUT2D eigenvalue weighted by atomic mass is 16.5. The van der Waals surface area contributed by atoms with Crippen molar-refractivity contribution < 1.29 is 4.52 Å². The molecule has 1 N–H and O–H groups in total. The summed E-state index contributed by atoms with van der Waals surface area (Å²) < 4.78 is 5.03. The first-order valence-corrected chi connectivity index (χ1v) is 6.59. The zero-order valence-electron chi connectivity index (χ0n) is 10.4. The van der Waals surface area contributed by atoms with Crippen LogP contribution in [-0.2, 0) is 6.54 Å². The molecule has 0 bridgehead atoms. The standard InChI is InChI=1S/C12H20N4O/c1-9-14-12(15-17-9)8-16-7-3-5-11(16)10-4-2-6-13-10/h10-11,13H,2-8H2,1H3. The van der Waals surface area contributed by atoms with E-state index < -0.39 is 0 Å². The molecule has 3 heterocycles. The monoisotopic (exact) mass is 236 g/mol. The van der Waals surface area contributed by atoms with Gasteiger partial charge < -0.3 is 9.84 Å². The minimum absolute atomic E-state index is 0.662. The molecule has 2 atom stereocenters. The van der Waals surface area contributed by atoms with E-state index in [9.17, 15) is 0 Å². The van der Waals surface area contributed by atoms with Crippen molar-refractivity contribution in [3.63, 3.8) is 0 Å². The number of nitrogens with zero attached hydrogens (tertiary/aromatic N) is 3. The van der Waals surface area contributed by atoms with Gasteiger partial charge in [0.2, 0.25) is 5.89 Å². The summed E-state index contributed by atoms with van der Waals surface area (Å²) in [6.07, 6.45) is 5.22. The fourth-order valence-corrected chi connectivity index (χ4v) is 3.13. The average molecular weight is 236 g/mol. The van der Waals surface area contributed by atoms with E-state index in [4.69, 9.17) is 4.52 Å². The topological polar surface area (TPSA) is 54.2 Å². The van der Waals surface area contributed by atoms with Gasteiger partial charge in [0.05, 0.1) is 6.54 Å². The van der Waals surface area contributed by atoms with Crippen molar-refractivity contribution in [3.05, 3.63) is 11.7 Å². The van der Waals surface area contributed by atoms with E-state index in [2.05, 4.69) is 20.4 Å². The van der Waals surface area contributed by atoms with Crippen molar-refractivity contribution in [1.29, 1.82) is 0 Å². The van der Waals surface area contributed by atoms with Crippen LogP contribution in [0.2, 0.25) is 0 Å². The highest BCUT2D eigenvalue weighted by Crippen LogP contribution is 2.25. The first kappa shape index (κ1) is 11.2. The maximum atomic E-state index is 5.03. The molecule has 0 aromatic carbocycles. The Balaban J connectivity index is 1.65. The number of likely N-dealkylation sites (tertiary alicyclic amines) is 1. The highest BCUT2D eigenvalue weighted by Gasteiger charge is 2.33. The van der Waals surface area contributed by atoms with E-state index in [1.54, 1.807) is 0 Å². The summed E-state index contributed by atoms with van der Waals surface area (Å²) in [6, 6.07) is 1.34. The Morgan fingerprint density at radius 2 is 2.35 bits per heavy atom. The number of aromatic nitrogens is 2. The SMILES string of the molecule is Cc1nc(CN2CCCC2C2CCCN2)no1. The van der Waals surface area contributed by atoms with Gasteiger partial charge in [0, 0.05) is 19.0 Å². The van der Waals surface area contributed by atoms with Gasteiger partial charge in [-0.05, 0) is 38.8 Å². The Morgan fingerprint density at radius 1 is 1.41 bits per heavy atom. The smallest absolute Gasteiger partial charge is 0.223 e. The van der Waals surface area contributed by atoms with Gasteiger partial charge in [-0.2, -0.15) is 4.98 Å². The second kappa shape index (κ2) is 4.74. The predicted molar refractivity (Wildman–Crippen MR) is 63.5 cm³/mol. The number of hydrogen-bond acceptors (Lipinski definition) is 5. The summed E-state index contributed by atoms with van der Waals surface area (Å²) in [5.41, 5.74) is 0. The second-order valence-electron chi connectivity index (χ2n) is 5.11. The van der Waals surface area contributed by atoms with Crippen LogP contribution in [0.3, 0.4) is 0 Å². The molecule has 1 aromatic rings. The summed E-state index contributed by atoms with van der Waals surface area (Å²) in [4.78, 5) is 6.80. The van der Waals surface area contributed by atoms with E-state index in [1.165, 1.54) is 32.2 Å². The molecule has 0 radical (unpaired) electrons. The summed E-state index contributed by atoms with van der Waals surface area (Å²) in [7, 11) is 0. The first-order chi connectivity index (χ1) is 8.33. The van der Waals surface area contributed by atoms with Gasteiger partial charge >= 0.3 is 0 Å². The molecule has 5 heteroatoms. The zero-order valence-corrected chi connectivity index (χ0v) is 10.4. The Bertz CT molecular complexity index is 372. The van der Waals surface area contributed by atoms with Crippen molar-refractivity contribution in [2.75, 3.05) is 13.1 Å². The Labute approximate surface area is 102 Å². The average Bonchev–Trinajstić information content (AvgIpc) is 3.00. The summed E-state index contributed by atoms with van der Waals surface area (Å²) in [5.74, 6) is 1.49. The van der Waals surface area contributed by atoms with Gasteiger partial charge in [-0.25, -0.2) is 0 Å². The van der Waals surface area contributed by atoms with Crippen LogP contribution in [0.4, 0.5) is 0 Å². The lowest BCUT2D eigenvalue weighted by Crippen LogP contribution is -2.43. The predicted octanol–water partition coefficient (Wildman–Crippen LogP) is 1.09. The van der Waals surface area contributed by atoms with Crippen molar-refractivity contribution in [1.82, 2.24) is 20.4 Å². The van der Waals surface area contributed by atoms with Gasteiger partial charge in [-0.15, -0.1) is 0 Å². The summed E-state index contributed by atoms with van der Waals surface area (Å²) in [6.45, 7) is 5.02. The van der Waals surface area contributed by atoms with E-state index in [-0.39, 0.29) is 0 Å². The van der Waals surface area contributed by atoms with Crippen LogP contribution in [0.15, 0.2) is 4.52 Å². The van der Waals surface area contributed by atoms with Gasteiger partial charge in [0.1, 0.15) is 0 Å². The van der Waals surface area contributed by atoms with E-state index in [0.29, 0.717) is 18.0 Å². The lowest BCUT2D eigenvalue weighted by Gasteiger charge is -2.28. The molecule has 2 aliphatic heterocycles. The Hall–Kier alpha value is -0.940. The number of rotatable bonds is 3. The van der Waals surface area contributed by atoms with Gasteiger partial charge in [0.15, 0.2) is 5.82 Å². The van der Waals surface area contributed by atoms with Gasteiger partial charge in [-0.3, -0.25) is 4.90 Å². The molecule has 94 valence electrons. The quantitative estimate of drug-likeness (QED) is 0.851. The van der Waals surface area contributed by atoms with Crippen LogP contribution in [0.1, 0.15) is 37.4 Å². The van der Waals surface area contributed by atoms with Crippen LogP contribution in [0, 0.1) is 6.92 Å². The van der Waals surface area contributed by atoms with Crippen molar-refractivity contribution >= 4 is 0 Å². The minimum Gasteiger partial charge on any atom is -0.340 e. The molecule has 2 fully saturated rings. The number of nitrogens with one attached hydrogen (secondary N) is 1. The van der Waals surface area contributed by atoms with E-state index in [1.807, 2.05) is 6.92 Å². The first-order valence-electron chi connectivity index (χ1n) is 6.59. The van der Waals surface area contributed by atoms with Gasteiger partial charge in [-0.1, -0.05) is 5.16 Å². The van der Waals surface area contributed by atoms with Crippen molar-refractivity contribution in [3.8, 4) is 0 Å². The molecular formula is C12H20N4O. The maximum Gasteiger partial charge on any atom is 0.223 e. The Morgan fingerprint density at radius 3 is 3.06 bits per heavy atom. The number of hydrogen-bond donors (Lipinski definition) is 1. The zero-order chi connectivity index (χ0) is 11.7. The third kappa shape index (κ3) is 2.35. The fraction of sp³-hybridized carbons (Fsp3) is 0.833. The molecule has 0 amide bonds. The molecule has 0 spiro atoms. The third-order valence-corrected chi connectivity index (χ3v) is 3.89. The lowest BCUT2D eigenvalue weighted by atomic mass is 10.0. The summed E-state index contributed by atoms with van der Waals surface area (Å²) >= 11 is 0. The third-order valence-electron chi connectivity index (χ3n) is 3.89. The van der Waals surface area contributed by atoms with Crippen LogP contribution < -0.4 is 5.32 Å². The fourth-order valence-electron chi connectivity index (χ4n) is 3.13. The van der Waals surface area contributed by atoms with Crippen LogP contribution in [0.25, 0.3) is 0 Å². The van der Waals surface area contributed by atoms with Gasteiger partial charge in [0.25, 0.3) is 0 Å². The second-order valence-corrected chi connectivity index (χ2v) is 5.11. The van der Waals surface area contributed by atoms with Crippen molar-refractivity contribution in [2.45, 2.75) is 51.2 Å². The summed E-state index contributed by atoms with van der Waals surface area (Å²) in [5, 5.41) is 7.61. The number of aryl methyl sites for hydroxylation is 1. The molecule has 1 aromatic heterocycles. The van der Waals surface area contributed by atoms with E-state index >= 15 is 0 Å². The molecule has 0 aliphatic carbocycles.